The van der Waals surface area contributed by atoms with E-state index in [1.54, 1.807) is 0 Å². The third kappa shape index (κ3) is 5.99. The van der Waals surface area contributed by atoms with Crippen molar-refractivity contribution in [3.63, 3.8) is 0 Å². The van der Waals surface area contributed by atoms with E-state index in [1.807, 2.05) is 24.5 Å². The molecule has 1 N–H and O–H groups in total. The van der Waals surface area contributed by atoms with Gasteiger partial charge in [0.05, 0.1) is 19.3 Å². The van der Waals surface area contributed by atoms with Gasteiger partial charge < -0.3 is 15.0 Å². The van der Waals surface area contributed by atoms with Crippen molar-refractivity contribution >= 4 is 5.91 Å². The van der Waals surface area contributed by atoms with Gasteiger partial charge in [0.1, 0.15) is 0 Å². The van der Waals surface area contributed by atoms with Gasteiger partial charge in [-0.15, -0.1) is 0 Å². The molecular formula is C21H34N4O2. The van der Waals surface area contributed by atoms with Gasteiger partial charge in [-0.05, 0) is 63.4 Å². The summed E-state index contributed by atoms with van der Waals surface area (Å²) >= 11 is 0. The second-order valence-electron chi connectivity index (χ2n) is 8.03. The molecular weight excluding hydrogens is 340 g/mol. The summed E-state index contributed by atoms with van der Waals surface area (Å²) in [5, 5.41) is 3.20. The zero-order valence-electron chi connectivity index (χ0n) is 16.8. The highest BCUT2D eigenvalue weighted by Crippen LogP contribution is 2.23. The molecule has 2 aliphatic heterocycles. The molecule has 0 aromatic carbocycles. The zero-order valence-corrected chi connectivity index (χ0v) is 16.8. The first-order chi connectivity index (χ1) is 13.1. The average Bonchev–Trinajstić information content (AvgIpc) is 2.70. The van der Waals surface area contributed by atoms with Crippen LogP contribution in [0, 0.1) is 5.92 Å². The van der Waals surface area contributed by atoms with Crippen molar-refractivity contribution in [2.75, 3.05) is 45.9 Å². The number of pyridine rings is 1. The van der Waals surface area contributed by atoms with Crippen LogP contribution in [-0.2, 0) is 9.53 Å². The van der Waals surface area contributed by atoms with Crippen molar-refractivity contribution in [2.24, 2.45) is 5.92 Å². The molecule has 3 rings (SSSR count). The molecule has 3 heterocycles. The fourth-order valence-corrected chi connectivity index (χ4v) is 4.15. The van der Waals surface area contributed by atoms with Crippen molar-refractivity contribution < 1.29 is 9.53 Å². The van der Waals surface area contributed by atoms with Gasteiger partial charge in [0.25, 0.3) is 0 Å². The second-order valence-corrected chi connectivity index (χ2v) is 8.03. The number of piperidine rings is 1. The molecule has 2 fully saturated rings. The molecule has 1 amide bonds. The third-order valence-electron chi connectivity index (χ3n) is 5.92. The summed E-state index contributed by atoms with van der Waals surface area (Å²) < 4.78 is 5.49. The molecule has 2 aliphatic rings. The molecule has 0 saturated carbocycles. The van der Waals surface area contributed by atoms with Crippen LogP contribution < -0.4 is 5.32 Å². The Labute approximate surface area is 163 Å². The number of nitrogens with one attached hydrogen (secondary N) is 1. The van der Waals surface area contributed by atoms with Crippen LogP contribution in [0.2, 0.25) is 0 Å². The molecule has 0 unspecified atom stereocenters. The maximum absolute atomic E-state index is 12.6. The minimum absolute atomic E-state index is 0.184. The number of carbonyl (C=O) groups excluding carboxylic acids is 1. The van der Waals surface area contributed by atoms with Gasteiger partial charge in [0.2, 0.25) is 5.91 Å². The van der Waals surface area contributed by atoms with Crippen LogP contribution in [0.4, 0.5) is 0 Å². The lowest BCUT2D eigenvalue weighted by Gasteiger charge is -2.35. The lowest BCUT2D eigenvalue weighted by molar-refractivity contribution is -0.122. The van der Waals surface area contributed by atoms with Crippen LogP contribution in [0.1, 0.15) is 44.7 Å². The first kappa shape index (κ1) is 20.2. The highest BCUT2D eigenvalue weighted by atomic mass is 16.5. The molecule has 27 heavy (non-hydrogen) atoms. The lowest BCUT2D eigenvalue weighted by atomic mass is 9.92. The van der Waals surface area contributed by atoms with Gasteiger partial charge >= 0.3 is 0 Å². The van der Waals surface area contributed by atoms with Crippen LogP contribution in [0.5, 0.6) is 0 Å². The molecule has 1 atom stereocenters. The molecule has 1 aromatic rings. The number of hydrogen-bond acceptors (Lipinski definition) is 5. The van der Waals surface area contributed by atoms with Crippen molar-refractivity contribution in [1.82, 2.24) is 20.1 Å². The van der Waals surface area contributed by atoms with Gasteiger partial charge in [-0.1, -0.05) is 0 Å². The van der Waals surface area contributed by atoms with Gasteiger partial charge in [0, 0.05) is 44.5 Å². The topological polar surface area (TPSA) is 57.7 Å². The molecule has 6 heteroatoms. The number of amides is 1. The Balaban J connectivity index is 1.50. The molecule has 2 saturated heterocycles. The fraction of sp³-hybridized carbons (Fsp3) is 0.714. The Bertz CT molecular complexity index is 567. The summed E-state index contributed by atoms with van der Waals surface area (Å²) in [7, 11) is 0. The van der Waals surface area contributed by atoms with E-state index in [-0.39, 0.29) is 11.9 Å². The highest BCUT2D eigenvalue weighted by Gasteiger charge is 2.25. The number of nitrogens with zero attached hydrogens (tertiary/aromatic N) is 3. The Morgan fingerprint density at radius 2 is 1.81 bits per heavy atom. The molecule has 150 valence electrons. The van der Waals surface area contributed by atoms with E-state index in [1.165, 1.54) is 5.56 Å². The van der Waals surface area contributed by atoms with Crippen LogP contribution >= 0.6 is 0 Å². The van der Waals surface area contributed by atoms with E-state index in [0.29, 0.717) is 24.9 Å². The second kappa shape index (κ2) is 10.2. The standard InChI is InChI=1S/C21H34N4O2/c1-17(2)24-9-5-18(6-10-24)15-21(26)23-16-20(19-3-7-22-8-4-19)25-11-13-27-14-12-25/h3-4,7-8,17-18,20H,5-6,9-16H2,1-2H3,(H,23,26)/t20-/m0/s1. The minimum atomic E-state index is 0.184. The summed E-state index contributed by atoms with van der Waals surface area (Å²) in [5.74, 6) is 0.702. The molecule has 0 bridgehead atoms. The quantitative estimate of drug-likeness (QED) is 0.792. The van der Waals surface area contributed by atoms with Gasteiger partial charge in [0.15, 0.2) is 0 Å². The van der Waals surface area contributed by atoms with Gasteiger partial charge in [-0.2, -0.15) is 0 Å². The highest BCUT2D eigenvalue weighted by molar-refractivity contribution is 5.76. The van der Waals surface area contributed by atoms with Crippen molar-refractivity contribution in [3.05, 3.63) is 30.1 Å². The SMILES string of the molecule is CC(C)N1CCC(CC(=O)NC[C@@H](c2ccncc2)N2CCOCC2)CC1. The normalized spacial score (nSPS) is 21.3. The molecule has 1 aromatic heterocycles. The number of carbonyl (C=O) groups is 1. The number of aromatic nitrogens is 1. The summed E-state index contributed by atoms with van der Waals surface area (Å²) in [6.45, 7) is 10.7. The maximum Gasteiger partial charge on any atom is 0.220 e. The Hall–Kier alpha value is -1.50. The summed E-state index contributed by atoms with van der Waals surface area (Å²) in [4.78, 5) is 21.6. The van der Waals surface area contributed by atoms with Gasteiger partial charge in [-0.3, -0.25) is 14.7 Å². The number of rotatable bonds is 7. The van der Waals surface area contributed by atoms with Crippen LogP contribution in [0.25, 0.3) is 0 Å². The number of likely N-dealkylation sites (tertiary alicyclic amines) is 1. The van der Waals surface area contributed by atoms with Gasteiger partial charge in [-0.25, -0.2) is 0 Å². The lowest BCUT2D eigenvalue weighted by Crippen LogP contribution is -2.44. The summed E-state index contributed by atoms with van der Waals surface area (Å²) in [5.41, 5.74) is 1.21. The van der Waals surface area contributed by atoms with E-state index >= 15 is 0 Å². The van der Waals surface area contributed by atoms with Crippen molar-refractivity contribution in [1.29, 1.82) is 0 Å². The molecule has 6 nitrogen and oxygen atoms in total. The first-order valence-electron chi connectivity index (χ1n) is 10.4. The maximum atomic E-state index is 12.6. The molecule has 0 radical (unpaired) electrons. The van der Waals surface area contributed by atoms with Crippen LogP contribution in [0.15, 0.2) is 24.5 Å². The predicted molar refractivity (Wildman–Crippen MR) is 106 cm³/mol. The third-order valence-corrected chi connectivity index (χ3v) is 5.92. The average molecular weight is 375 g/mol. The number of ether oxygens (including phenoxy) is 1. The largest absolute Gasteiger partial charge is 0.379 e. The van der Waals surface area contributed by atoms with Crippen LogP contribution in [0.3, 0.4) is 0 Å². The Morgan fingerprint density at radius 1 is 1.15 bits per heavy atom. The molecule has 0 spiro atoms. The van der Waals surface area contributed by atoms with E-state index in [4.69, 9.17) is 4.74 Å². The number of morpholine rings is 1. The predicted octanol–water partition coefficient (Wildman–Crippen LogP) is 2.08. The Kier molecular flexibility index (Phi) is 7.61. The van der Waals surface area contributed by atoms with E-state index in [2.05, 4.69) is 33.9 Å². The van der Waals surface area contributed by atoms with Crippen molar-refractivity contribution in [3.8, 4) is 0 Å². The summed E-state index contributed by atoms with van der Waals surface area (Å²) in [6.07, 6.45) is 6.56. The zero-order chi connectivity index (χ0) is 19.1. The van der Waals surface area contributed by atoms with Crippen LogP contribution in [-0.4, -0.2) is 72.7 Å². The summed E-state index contributed by atoms with van der Waals surface area (Å²) in [6, 6.07) is 4.89. The molecule has 0 aliphatic carbocycles. The van der Waals surface area contributed by atoms with Crippen molar-refractivity contribution in [2.45, 2.75) is 45.2 Å². The number of hydrogen-bond donors (Lipinski definition) is 1. The smallest absolute Gasteiger partial charge is 0.220 e. The fourth-order valence-electron chi connectivity index (χ4n) is 4.15. The van der Waals surface area contributed by atoms with E-state index < -0.39 is 0 Å². The van der Waals surface area contributed by atoms with E-state index in [9.17, 15) is 4.79 Å². The first-order valence-corrected chi connectivity index (χ1v) is 10.4. The Morgan fingerprint density at radius 3 is 2.44 bits per heavy atom. The monoisotopic (exact) mass is 374 g/mol. The van der Waals surface area contributed by atoms with E-state index in [0.717, 1.165) is 52.2 Å². The minimum Gasteiger partial charge on any atom is -0.379 e.